The summed E-state index contributed by atoms with van der Waals surface area (Å²) < 4.78 is 0. The maximum absolute atomic E-state index is 3.37. The fraction of sp³-hybridized carbons (Fsp3) is 0.568. The van der Waals surface area contributed by atoms with Gasteiger partial charge in [0.25, 0.3) is 0 Å². The van der Waals surface area contributed by atoms with Crippen LogP contribution in [0, 0.1) is 23.7 Å². The van der Waals surface area contributed by atoms with Crippen molar-refractivity contribution in [3.05, 3.63) is 82.9 Å². The number of hydrogen-bond donors (Lipinski definition) is 0. The molecule has 0 aromatic heterocycles. The van der Waals surface area contributed by atoms with Crippen molar-refractivity contribution in [2.45, 2.75) is 122 Å². The molecule has 0 heteroatoms. The van der Waals surface area contributed by atoms with Crippen LogP contribution in [0.4, 0.5) is 0 Å². The van der Waals surface area contributed by atoms with E-state index in [1.165, 1.54) is 107 Å². The van der Waals surface area contributed by atoms with Crippen LogP contribution in [0.5, 0.6) is 0 Å². The van der Waals surface area contributed by atoms with E-state index < -0.39 is 0 Å². The molecule has 4 rings (SSSR count). The van der Waals surface area contributed by atoms with Crippen molar-refractivity contribution in [2.75, 3.05) is 0 Å². The van der Waals surface area contributed by atoms with Gasteiger partial charge in [0.2, 0.25) is 0 Å². The Kier molecular flexibility index (Phi) is 11.4. The highest BCUT2D eigenvalue weighted by Crippen LogP contribution is 2.38. The summed E-state index contributed by atoms with van der Waals surface area (Å²) in [7, 11) is 0. The van der Waals surface area contributed by atoms with Crippen LogP contribution in [0.1, 0.15) is 138 Å². The molecule has 37 heavy (non-hydrogen) atoms. The van der Waals surface area contributed by atoms with Gasteiger partial charge in [0.15, 0.2) is 0 Å². The van der Waals surface area contributed by atoms with E-state index in [-0.39, 0.29) is 0 Å². The Hall–Kier alpha value is -2.26. The second kappa shape index (κ2) is 15.2. The van der Waals surface area contributed by atoms with Crippen molar-refractivity contribution in [2.24, 2.45) is 11.8 Å². The highest BCUT2D eigenvalue weighted by atomic mass is 14.3. The van der Waals surface area contributed by atoms with E-state index in [1.54, 1.807) is 5.56 Å². The van der Waals surface area contributed by atoms with Gasteiger partial charge >= 0.3 is 0 Å². The molecule has 2 aromatic rings. The number of rotatable bonds is 10. The molecule has 198 valence electrons. The minimum atomic E-state index is 0.689. The summed E-state index contributed by atoms with van der Waals surface area (Å²) in [4.78, 5) is 0. The predicted molar refractivity (Wildman–Crippen MR) is 161 cm³/mol. The maximum atomic E-state index is 3.37. The largest absolute Gasteiger partial charge is 0.0730 e. The Bertz CT molecular complexity index is 981. The Morgan fingerprint density at radius 1 is 0.676 bits per heavy atom. The van der Waals surface area contributed by atoms with Gasteiger partial charge in [0.05, 0.1) is 0 Å². The molecule has 0 spiro atoms. The first kappa shape index (κ1) is 27.8. The second-order valence-electron chi connectivity index (χ2n) is 11.9. The van der Waals surface area contributed by atoms with Crippen LogP contribution < -0.4 is 0 Å². The quantitative estimate of drug-likeness (QED) is 0.227. The molecule has 2 fully saturated rings. The zero-order valence-electron chi connectivity index (χ0n) is 23.7. The number of aryl methyl sites for hydroxylation is 1. The molecular weight excluding hydrogens is 444 g/mol. The van der Waals surface area contributed by atoms with Gasteiger partial charge < -0.3 is 0 Å². The smallest absolute Gasteiger partial charge is 0.0249 e. The van der Waals surface area contributed by atoms with Crippen molar-refractivity contribution >= 4 is 0 Å². The van der Waals surface area contributed by atoms with E-state index in [2.05, 4.69) is 86.4 Å². The summed E-state index contributed by atoms with van der Waals surface area (Å²) in [6.07, 6.45) is 24.6. The standard InChI is InChI=1S/C37H50/c1-3-5-7-11-31-16-24-35(25-17-31)37-28-20-33(21-29-37)13-9-8-12-32-18-26-36(27-19-32)34-22-14-30(15-23-34)10-6-4-2/h9,13,16-19,24-27,30,33-34,37H,3-7,10-11,14-15,20-23,28-29H2,1-2H3/t30-,33-,34-,37-. The lowest BCUT2D eigenvalue weighted by Gasteiger charge is -2.28. The molecule has 2 aliphatic rings. The summed E-state index contributed by atoms with van der Waals surface area (Å²) in [5.74, 6) is 9.85. The molecule has 0 radical (unpaired) electrons. The van der Waals surface area contributed by atoms with E-state index in [0.29, 0.717) is 5.92 Å². The van der Waals surface area contributed by atoms with Gasteiger partial charge in [0, 0.05) is 5.56 Å². The molecular formula is C37H50. The van der Waals surface area contributed by atoms with Gasteiger partial charge in [-0.1, -0.05) is 100 Å². The Labute approximate surface area is 228 Å². The second-order valence-corrected chi connectivity index (χ2v) is 11.9. The fourth-order valence-corrected chi connectivity index (χ4v) is 6.61. The SMILES string of the molecule is CCCCCc1ccc([C@H]2CC[C@H](C=CC#Cc3ccc([C@H]4CC[C@H](CCCC)CC4)cc3)CC2)cc1. The lowest BCUT2D eigenvalue weighted by atomic mass is 9.77. The zero-order valence-corrected chi connectivity index (χ0v) is 23.7. The number of unbranched alkanes of at least 4 members (excludes halogenated alkanes) is 3. The number of hydrogen-bond acceptors (Lipinski definition) is 0. The van der Waals surface area contributed by atoms with E-state index >= 15 is 0 Å². The molecule has 0 heterocycles. The molecule has 2 saturated carbocycles. The van der Waals surface area contributed by atoms with Crippen LogP contribution in [-0.2, 0) is 6.42 Å². The van der Waals surface area contributed by atoms with Gasteiger partial charge in [0.1, 0.15) is 0 Å². The normalized spacial score (nSPS) is 24.1. The third kappa shape index (κ3) is 8.92. The van der Waals surface area contributed by atoms with Crippen LogP contribution in [0.25, 0.3) is 0 Å². The van der Waals surface area contributed by atoms with Gasteiger partial charge in [-0.25, -0.2) is 0 Å². The third-order valence-electron chi connectivity index (χ3n) is 9.15. The number of allylic oxidation sites excluding steroid dienone is 2. The average molecular weight is 495 g/mol. The minimum absolute atomic E-state index is 0.689. The summed E-state index contributed by atoms with van der Waals surface area (Å²) in [6, 6.07) is 18.7. The predicted octanol–water partition coefficient (Wildman–Crippen LogP) is 10.8. The third-order valence-corrected chi connectivity index (χ3v) is 9.15. The van der Waals surface area contributed by atoms with Crippen molar-refractivity contribution in [3.8, 4) is 11.8 Å². The molecule has 0 saturated heterocycles. The molecule has 0 bridgehead atoms. The molecule has 0 N–H and O–H groups in total. The first-order chi connectivity index (χ1) is 18.2. The first-order valence-electron chi connectivity index (χ1n) is 15.6. The zero-order chi connectivity index (χ0) is 25.7. The summed E-state index contributed by atoms with van der Waals surface area (Å²) in [5, 5.41) is 0. The molecule has 0 amide bonds. The van der Waals surface area contributed by atoms with Crippen LogP contribution in [0.15, 0.2) is 60.7 Å². The van der Waals surface area contributed by atoms with Crippen LogP contribution in [0.3, 0.4) is 0 Å². The van der Waals surface area contributed by atoms with Crippen molar-refractivity contribution in [1.29, 1.82) is 0 Å². The molecule has 0 unspecified atom stereocenters. The monoisotopic (exact) mass is 494 g/mol. The number of benzene rings is 2. The Morgan fingerprint density at radius 3 is 1.89 bits per heavy atom. The van der Waals surface area contributed by atoms with Gasteiger partial charge in [-0.2, -0.15) is 0 Å². The maximum Gasteiger partial charge on any atom is 0.0249 e. The van der Waals surface area contributed by atoms with Crippen LogP contribution >= 0.6 is 0 Å². The van der Waals surface area contributed by atoms with Crippen LogP contribution in [-0.4, -0.2) is 0 Å². The Morgan fingerprint density at radius 2 is 1.27 bits per heavy atom. The van der Waals surface area contributed by atoms with E-state index in [4.69, 9.17) is 0 Å². The molecule has 2 aromatic carbocycles. The highest BCUT2D eigenvalue weighted by molar-refractivity contribution is 5.39. The van der Waals surface area contributed by atoms with Crippen LogP contribution in [0.2, 0.25) is 0 Å². The Balaban J connectivity index is 1.18. The van der Waals surface area contributed by atoms with Gasteiger partial charge in [-0.05, 0) is 123 Å². The van der Waals surface area contributed by atoms with Gasteiger partial charge in [-0.15, -0.1) is 0 Å². The summed E-state index contributed by atoms with van der Waals surface area (Å²) in [6.45, 7) is 4.59. The first-order valence-corrected chi connectivity index (χ1v) is 15.6. The lowest BCUT2D eigenvalue weighted by Crippen LogP contribution is -2.13. The van der Waals surface area contributed by atoms with E-state index in [0.717, 1.165) is 23.3 Å². The topological polar surface area (TPSA) is 0 Å². The summed E-state index contributed by atoms with van der Waals surface area (Å²) >= 11 is 0. The molecule has 2 aliphatic carbocycles. The lowest BCUT2D eigenvalue weighted by molar-refractivity contribution is 0.304. The highest BCUT2D eigenvalue weighted by Gasteiger charge is 2.22. The minimum Gasteiger partial charge on any atom is -0.0730 e. The van der Waals surface area contributed by atoms with Crippen molar-refractivity contribution < 1.29 is 0 Å². The van der Waals surface area contributed by atoms with Gasteiger partial charge in [-0.3, -0.25) is 0 Å². The molecule has 0 nitrogen and oxygen atoms in total. The van der Waals surface area contributed by atoms with Crippen molar-refractivity contribution in [1.82, 2.24) is 0 Å². The fourth-order valence-electron chi connectivity index (χ4n) is 6.61. The molecule has 0 aliphatic heterocycles. The summed E-state index contributed by atoms with van der Waals surface area (Å²) in [5.41, 5.74) is 5.73. The van der Waals surface area contributed by atoms with E-state index in [9.17, 15) is 0 Å². The average Bonchev–Trinajstić information content (AvgIpc) is 2.96. The molecule has 0 atom stereocenters. The van der Waals surface area contributed by atoms with Crippen molar-refractivity contribution in [3.63, 3.8) is 0 Å². The van der Waals surface area contributed by atoms with E-state index in [1.807, 2.05) is 0 Å².